The molecule has 3 rings (SSSR count). The minimum Gasteiger partial charge on any atom is -0.291 e. The van der Waals surface area contributed by atoms with E-state index in [-0.39, 0.29) is 17.0 Å². The van der Waals surface area contributed by atoms with E-state index in [1.807, 2.05) is 60.7 Å². The van der Waals surface area contributed by atoms with E-state index in [0.717, 1.165) is 10.6 Å². The first kappa shape index (κ1) is 20.2. The van der Waals surface area contributed by atoms with Gasteiger partial charge in [-0.15, -0.1) is 0 Å². The molecule has 28 heavy (non-hydrogen) atoms. The van der Waals surface area contributed by atoms with Crippen LogP contribution in [0.2, 0.25) is 0 Å². The molecule has 3 aromatic rings. The standard InChI is InChI=1S/C20H19N2O4PS/c21-22-20(23)15-27(16-8-3-1-4-9-16,17-10-5-2-6-11-17)18-12-7-13-19(14-18)28(24,25)26/h1-14H,15,21H2,(H-,22,23,24,25,26)/p+1. The second-order valence-electron chi connectivity index (χ2n) is 6.18. The van der Waals surface area contributed by atoms with Crippen molar-refractivity contribution in [3.8, 4) is 0 Å². The summed E-state index contributed by atoms with van der Waals surface area (Å²) in [5.74, 6) is 5.03. The van der Waals surface area contributed by atoms with E-state index in [2.05, 4.69) is 5.43 Å². The number of nitrogens with two attached hydrogens (primary N) is 1. The van der Waals surface area contributed by atoms with Crippen molar-refractivity contribution >= 4 is 39.2 Å². The SMILES string of the molecule is NNC(=O)C[P+](c1ccccc1)(c1ccccc1)c1cccc(S(=O)(=O)O)c1. The van der Waals surface area contributed by atoms with Gasteiger partial charge in [0, 0.05) is 6.07 Å². The third-order valence-electron chi connectivity index (χ3n) is 4.49. The highest BCUT2D eigenvalue weighted by Gasteiger charge is 2.47. The molecule has 4 N–H and O–H groups in total. The molecule has 144 valence electrons. The van der Waals surface area contributed by atoms with E-state index in [1.54, 1.807) is 12.1 Å². The normalized spacial score (nSPS) is 11.8. The van der Waals surface area contributed by atoms with Crippen LogP contribution in [0.1, 0.15) is 0 Å². The summed E-state index contributed by atoms with van der Waals surface area (Å²) in [7, 11) is -6.98. The molecule has 0 fully saturated rings. The number of hydrazine groups is 1. The van der Waals surface area contributed by atoms with E-state index in [1.165, 1.54) is 12.1 Å². The number of benzene rings is 3. The Morgan fingerprint density at radius 2 is 1.36 bits per heavy atom. The number of hydrogen-bond acceptors (Lipinski definition) is 4. The molecule has 0 atom stereocenters. The topological polar surface area (TPSA) is 109 Å². The van der Waals surface area contributed by atoms with Crippen LogP contribution in [0.5, 0.6) is 0 Å². The predicted octanol–water partition coefficient (Wildman–Crippen LogP) is 1.22. The van der Waals surface area contributed by atoms with Gasteiger partial charge in [-0.1, -0.05) is 42.5 Å². The molecule has 0 spiro atoms. The van der Waals surface area contributed by atoms with Gasteiger partial charge in [0.2, 0.25) is 0 Å². The van der Waals surface area contributed by atoms with E-state index in [9.17, 15) is 17.8 Å². The van der Waals surface area contributed by atoms with Crippen LogP contribution >= 0.6 is 7.26 Å². The smallest absolute Gasteiger partial charge is 0.291 e. The zero-order valence-corrected chi connectivity index (χ0v) is 16.6. The Bertz CT molecular complexity index is 1030. The largest absolute Gasteiger partial charge is 0.294 e. The second-order valence-corrected chi connectivity index (χ2v) is 11.1. The van der Waals surface area contributed by atoms with E-state index >= 15 is 0 Å². The average Bonchev–Trinajstić information content (AvgIpc) is 2.72. The third-order valence-corrected chi connectivity index (χ3v) is 9.62. The van der Waals surface area contributed by atoms with Crippen molar-refractivity contribution in [2.24, 2.45) is 5.84 Å². The molecule has 0 saturated heterocycles. The maximum absolute atomic E-state index is 12.5. The number of hydrogen-bond donors (Lipinski definition) is 3. The molecule has 0 heterocycles. The lowest BCUT2D eigenvalue weighted by molar-refractivity contribution is -0.118. The minimum atomic E-state index is -4.39. The maximum Gasteiger partial charge on any atom is 0.294 e. The van der Waals surface area contributed by atoms with Crippen LogP contribution in [-0.4, -0.2) is 25.0 Å². The van der Waals surface area contributed by atoms with Gasteiger partial charge in [-0.3, -0.25) is 14.8 Å². The Balaban J connectivity index is 2.37. The molecule has 0 bridgehead atoms. The van der Waals surface area contributed by atoms with Crippen LogP contribution in [0.3, 0.4) is 0 Å². The molecule has 6 nitrogen and oxygen atoms in total. The molecule has 8 heteroatoms. The van der Waals surface area contributed by atoms with Gasteiger partial charge in [0.1, 0.15) is 23.2 Å². The van der Waals surface area contributed by atoms with Crippen molar-refractivity contribution in [2.75, 3.05) is 6.16 Å². The van der Waals surface area contributed by atoms with Crippen LogP contribution < -0.4 is 27.2 Å². The lowest BCUT2D eigenvalue weighted by atomic mass is 10.3. The quantitative estimate of drug-likeness (QED) is 0.184. The van der Waals surface area contributed by atoms with Crippen molar-refractivity contribution < 1.29 is 17.8 Å². The molecule has 0 unspecified atom stereocenters. The molecule has 0 aromatic heterocycles. The first-order valence-corrected chi connectivity index (χ1v) is 11.9. The van der Waals surface area contributed by atoms with Crippen molar-refractivity contribution in [3.63, 3.8) is 0 Å². The van der Waals surface area contributed by atoms with Gasteiger partial charge in [0.05, 0.1) is 4.90 Å². The lowest BCUT2D eigenvalue weighted by Crippen LogP contribution is -2.41. The van der Waals surface area contributed by atoms with Gasteiger partial charge < -0.3 is 0 Å². The second kappa shape index (κ2) is 8.20. The summed E-state index contributed by atoms with van der Waals surface area (Å²) < 4.78 is 33.0. The highest BCUT2D eigenvalue weighted by atomic mass is 32.2. The van der Waals surface area contributed by atoms with E-state index in [4.69, 9.17) is 5.84 Å². The highest BCUT2D eigenvalue weighted by molar-refractivity contribution is 7.96. The minimum absolute atomic E-state index is 0.0620. The van der Waals surface area contributed by atoms with Gasteiger partial charge >= 0.3 is 0 Å². The molecule has 0 radical (unpaired) electrons. The molecule has 0 saturated carbocycles. The summed E-state index contributed by atoms with van der Waals surface area (Å²) in [5, 5.41) is 2.46. The molecular formula is C20H20N2O4PS+. The maximum atomic E-state index is 12.5. The van der Waals surface area contributed by atoms with Crippen LogP contribution in [0.4, 0.5) is 0 Å². The van der Waals surface area contributed by atoms with Crippen molar-refractivity contribution in [3.05, 3.63) is 84.9 Å². The predicted molar refractivity (Wildman–Crippen MR) is 112 cm³/mol. The Labute approximate surface area is 164 Å². The number of rotatable bonds is 6. The highest BCUT2D eigenvalue weighted by Crippen LogP contribution is 2.55. The van der Waals surface area contributed by atoms with Crippen LogP contribution in [-0.2, 0) is 14.9 Å². The number of carbonyl (C=O) groups is 1. The molecule has 0 aliphatic rings. The first-order valence-electron chi connectivity index (χ1n) is 8.45. The summed E-state index contributed by atoms with van der Waals surface area (Å²) >= 11 is 0. The van der Waals surface area contributed by atoms with Gasteiger partial charge in [-0.2, -0.15) is 8.42 Å². The summed E-state index contributed by atoms with van der Waals surface area (Å²) in [6, 6.07) is 25.1. The fraction of sp³-hybridized carbons (Fsp3) is 0.0500. The summed E-state index contributed by atoms with van der Waals surface area (Å²) in [4.78, 5) is 12.2. The van der Waals surface area contributed by atoms with Crippen LogP contribution in [0.15, 0.2) is 89.8 Å². The summed E-state index contributed by atoms with van der Waals surface area (Å²) in [6.07, 6.45) is 0.0620. The van der Waals surface area contributed by atoms with E-state index < -0.39 is 17.4 Å². The van der Waals surface area contributed by atoms with Gasteiger partial charge in [-0.05, 0) is 36.4 Å². The number of amides is 1. The Morgan fingerprint density at radius 3 is 1.82 bits per heavy atom. The summed E-state index contributed by atoms with van der Waals surface area (Å²) in [6.45, 7) is 0. The molecule has 1 amide bonds. The van der Waals surface area contributed by atoms with Crippen LogP contribution in [0.25, 0.3) is 0 Å². The van der Waals surface area contributed by atoms with Gasteiger partial charge in [0.25, 0.3) is 16.0 Å². The molecule has 0 aliphatic heterocycles. The fourth-order valence-electron chi connectivity index (χ4n) is 3.23. The zero-order chi connectivity index (χ0) is 20.2. The van der Waals surface area contributed by atoms with Gasteiger partial charge in [-0.25, -0.2) is 5.84 Å². The van der Waals surface area contributed by atoms with Gasteiger partial charge in [0.15, 0.2) is 6.16 Å². The molecular weight excluding hydrogens is 395 g/mol. The lowest BCUT2D eigenvalue weighted by Gasteiger charge is -2.27. The van der Waals surface area contributed by atoms with Crippen molar-refractivity contribution in [1.82, 2.24) is 5.43 Å². The third kappa shape index (κ3) is 3.98. The monoisotopic (exact) mass is 415 g/mol. The fourth-order valence-corrected chi connectivity index (χ4v) is 7.87. The van der Waals surface area contributed by atoms with Crippen molar-refractivity contribution in [2.45, 2.75) is 4.90 Å². The molecule has 3 aromatic carbocycles. The Kier molecular flexibility index (Phi) is 5.91. The molecule has 0 aliphatic carbocycles. The number of nitrogens with one attached hydrogen (secondary N) is 1. The Morgan fingerprint density at radius 1 is 0.857 bits per heavy atom. The van der Waals surface area contributed by atoms with Crippen LogP contribution in [0, 0.1) is 0 Å². The average molecular weight is 415 g/mol. The Hall–Kier alpha value is -2.57. The van der Waals surface area contributed by atoms with Crippen molar-refractivity contribution in [1.29, 1.82) is 0 Å². The first-order chi connectivity index (χ1) is 13.4. The summed E-state index contributed by atoms with van der Waals surface area (Å²) in [5.41, 5.74) is 2.20. The zero-order valence-electron chi connectivity index (χ0n) is 14.9. The van der Waals surface area contributed by atoms with E-state index in [0.29, 0.717) is 5.30 Å². The number of carbonyl (C=O) groups excluding carboxylic acids is 1.